The average molecular weight is 419 g/mol. The molecule has 2 N–H and O–H groups in total. The molecule has 0 fully saturated rings. The van der Waals surface area contributed by atoms with Gasteiger partial charge in [-0.1, -0.05) is 0 Å². The topological polar surface area (TPSA) is 93.4 Å². The van der Waals surface area contributed by atoms with Gasteiger partial charge < -0.3 is 15.2 Å². The van der Waals surface area contributed by atoms with Crippen LogP contribution in [0.25, 0.3) is 16.7 Å². The van der Waals surface area contributed by atoms with E-state index in [4.69, 9.17) is 4.74 Å². The lowest BCUT2D eigenvalue weighted by Gasteiger charge is -2.14. The van der Waals surface area contributed by atoms with E-state index >= 15 is 0 Å². The van der Waals surface area contributed by atoms with Crippen molar-refractivity contribution < 1.29 is 19.0 Å². The summed E-state index contributed by atoms with van der Waals surface area (Å²) >= 11 is 0. The molecule has 4 aromatic rings. The molecule has 0 saturated carbocycles. The summed E-state index contributed by atoms with van der Waals surface area (Å²) < 4.78 is 19.9. The first-order chi connectivity index (χ1) is 15.0. The van der Waals surface area contributed by atoms with E-state index in [0.717, 1.165) is 0 Å². The van der Waals surface area contributed by atoms with E-state index in [0.29, 0.717) is 23.7 Å². The summed E-state index contributed by atoms with van der Waals surface area (Å²) in [6.45, 7) is 2.37. The van der Waals surface area contributed by atoms with Gasteiger partial charge in [-0.2, -0.15) is 0 Å². The number of carbonyl (C=O) groups excluding carboxylic acids is 1. The van der Waals surface area contributed by atoms with Gasteiger partial charge in [-0.05, 0) is 67.6 Å². The van der Waals surface area contributed by atoms with Crippen molar-refractivity contribution >= 4 is 22.6 Å². The van der Waals surface area contributed by atoms with E-state index in [1.807, 2.05) is 6.92 Å². The van der Waals surface area contributed by atoms with E-state index in [-0.39, 0.29) is 11.0 Å². The Labute approximate surface area is 176 Å². The standard InChI is InChI=1S/C23H18FN3O4/c1-2-31-17-11-7-15(8-12-17)26-22(29)19-20(28)18-4-3-13-25-21(18)27(23(19)30)16-9-5-14(24)6-10-16/h3-13,28H,2H2,1H3,(H,26,29). The number of anilines is 1. The van der Waals surface area contributed by atoms with Crippen LogP contribution >= 0.6 is 0 Å². The molecule has 7 nitrogen and oxygen atoms in total. The summed E-state index contributed by atoms with van der Waals surface area (Å²) in [7, 11) is 0. The van der Waals surface area contributed by atoms with Crippen LogP contribution in [0.5, 0.6) is 11.5 Å². The maximum absolute atomic E-state index is 13.4. The SMILES string of the molecule is CCOc1ccc(NC(=O)c2c(O)c3cccnc3n(-c3ccc(F)cc3)c2=O)cc1. The first kappa shape index (κ1) is 20.1. The Morgan fingerprint density at radius 1 is 1.13 bits per heavy atom. The largest absolute Gasteiger partial charge is 0.506 e. The summed E-state index contributed by atoms with van der Waals surface area (Å²) in [5.74, 6) is -1.09. The number of nitrogens with one attached hydrogen (secondary N) is 1. The number of hydrogen-bond acceptors (Lipinski definition) is 5. The summed E-state index contributed by atoms with van der Waals surface area (Å²) in [5, 5.41) is 13.5. The van der Waals surface area contributed by atoms with Crippen molar-refractivity contribution in [1.29, 1.82) is 0 Å². The molecule has 0 radical (unpaired) electrons. The molecule has 2 aromatic carbocycles. The normalized spacial score (nSPS) is 10.8. The van der Waals surface area contributed by atoms with Gasteiger partial charge in [-0.3, -0.25) is 14.2 Å². The number of halogens is 1. The number of carbonyl (C=O) groups is 1. The summed E-state index contributed by atoms with van der Waals surface area (Å²) in [5.41, 5.74) is -0.344. The second kappa shape index (κ2) is 8.27. The van der Waals surface area contributed by atoms with Crippen LogP contribution in [0.3, 0.4) is 0 Å². The highest BCUT2D eigenvalue weighted by Crippen LogP contribution is 2.27. The van der Waals surface area contributed by atoms with Crippen molar-refractivity contribution in [3.63, 3.8) is 0 Å². The van der Waals surface area contributed by atoms with Gasteiger partial charge in [0.1, 0.15) is 22.9 Å². The van der Waals surface area contributed by atoms with Crippen LogP contribution in [-0.4, -0.2) is 27.2 Å². The van der Waals surface area contributed by atoms with Crippen LogP contribution in [0.1, 0.15) is 17.3 Å². The fourth-order valence-corrected chi connectivity index (χ4v) is 3.23. The highest BCUT2D eigenvalue weighted by Gasteiger charge is 2.23. The van der Waals surface area contributed by atoms with Gasteiger partial charge >= 0.3 is 0 Å². The number of pyridine rings is 2. The van der Waals surface area contributed by atoms with E-state index in [1.165, 1.54) is 35.0 Å². The Bertz CT molecular complexity index is 1320. The van der Waals surface area contributed by atoms with Gasteiger partial charge in [0.2, 0.25) is 0 Å². The monoisotopic (exact) mass is 419 g/mol. The van der Waals surface area contributed by atoms with Gasteiger partial charge in [0.05, 0.1) is 17.7 Å². The Kier molecular flexibility index (Phi) is 5.36. The zero-order valence-electron chi connectivity index (χ0n) is 16.5. The number of benzene rings is 2. The molecule has 0 unspecified atom stereocenters. The smallest absolute Gasteiger partial charge is 0.273 e. The van der Waals surface area contributed by atoms with Gasteiger partial charge in [0, 0.05) is 11.9 Å². The third-order valence-electron chi connectivity index (χ3n) is 4.64. The minimum atomic E-state index is -0.784. The molecule has 2 aromatic heterocycles. The van der Waals surface area contributed by atoms with Crippen LogP contribution in [0, 0.1) is 5.82 Å². The molecule has 1 amide bonds. The van der Waals surface area contributed by atoms with E-state index in [9.17, 15) is 19.1 Å². The summed E-state index contributed by atoms with van der Waals surface area (Å²) in [6.07, 6.45) is 1.46. The minimum absolute atomic E-state index is 0.147. The predicted octanol–water partition coefficient (Wildman–Crippen LogP) is 3.88. The fraction of sp³-hybridized carbons (Fsp3) is 0.0870. The van der Waals surface area contributed by atoms with E-state index in [2.05, 4.69) is 10.3 Å². The maximum Gasteiger partial charge on any atom is 0.273 e. The molecule has 2 heterocycles. The Balaban J connectivity index is 1.83. The van der Waals surface area contributed by atoms with Crippen LogP contribution in [-0.2, 0) is 0 Å². The number of ether oxygens (including phenoxy) is 1. The quantitative estimate of drug-likeness (QED) is 0.512. The fourth-order valence-electron chi connectivity index (χ4n) is 3.23. The number of amides is 1. The molecular formula is C23H18FN3O4. The minimum Gasteiger partial charge on any atom is -0.506 e. The number of hydrogen-bond donors (Lipinski definition) is 2. The highest BCUT2D eigenvalue weighted by atomic mass is 19.1. The second-order valence-electron chi connectivity index (χ2n) is 6.63. The summed E-state index contributed by atoms with van der Waals surface area (Å²) in [6, 6.07) is 14.9. The first-order valence-corrected chi connectivity index (χ1v) is 9.52. The Morgan fingerprint density at radius 3 is 2.52 bits per heavy atom. The number of aromatic hydroxyl groups is 1. The van der Waals surface area contributed by atoms with Gasteiger partial charge in [0.25, 0.3) is 11.5 Å². The summed E-state index contributed by atoms with van der Waals surface area (Å²) in [4.78, 5) is 30.4. The second-order valence-corrected chi connectivity index (χ2v) is 6.63. The van der Waals surface area contributed by atoms with Crippen LogP contribution in [0.4, 0.5) is 10.1 Å². The molecule has 0 saturated heterocycles. The van der Waals surface area contributed by atoms with Crippen molar-refractivity contribution in [2.24, 2.45) is 0 Å². The molecule has 0 aliphatic heterocycles. The third kappa shape index (κ3) is 3.83. The molecule has 4 rings (SSSR count). The average Bonchev–Trinajstić information content (AvgIpc) is 2.77. The molecule has 0 bridgehead atoms. The molecular weight excluding hydrogens is 401 g/mol. The van der Waals surface area contributed by atoms with Gasteiger partial charge in [-0.25, -0.2) is 9.37 Å². The van der Waals surface area contributed by atoms with Gasteiger partial charge in [-0.15, -0.1) is 0 Å². The van der Waals surface area contributed by atoms with Crippen molar-refractivity contribution in [2.75, 3.05) is 11.9 Å². The van der Waals surface area contributed by atoms with Crippen LogP contribution < -0.4 is 15.6 Å². The Hall–Kier alpha value is -4.20. The molecule has 8 heteroatoms. The number of nitrogens with zero attached hydrogens (tertiary/aromatic N) is 2. The van der Waals surface area contributed by atoms with E-state index in [1.54, 1.807) is 36.4 Å². The number of aromatic nitrogens is 2. The Morgan fingerprint density at radius 2 is 1.84 bits per heavy atom. The first-order valence-electron chi connectivity index (χ1n) is 9.52. The number of fused-ring (bicyclic) bond motifs is 1. The van der Waals surface area contributed by atoms with Crippen molar-refractivity contribution in [2.45, 2.75) is 6.92 Å². The highest BCUT2D eigenvalue weighted by molar-refractivity contribution is 6.09. The molecule has 0 aliphatic carbocycles. The van der Waals surface area contributed by atoms with Crippen LogP contribution in [0.15, 0.2) is 71.7 Å². The molecule has 156 valence electrons. The van der Waals surface area contributed by atoms with E-state index < -0.39 is 28.6 Å². The lowest BCUT2D eigenvalue weighted by Crippen LogP contribution is -2.29. The molecule has 0 spiro atoms. The maximum atomic E-state index is 13.4. The van der Waals surface area contributed by atoms with Crippen molar-refractivity contribution in [3.8, 4) is 17.2 Å². The lowest BCUT2D eigenvalue weighted by atomic mass is 10.1. The predicted molar refractivity (Wildman–Crippen MR) is 115 cm³/mol. The third-order valence-corrected chi connectivity index (χ3v) is 4.64. The van der Waals surface area contributed by atoms with Crippen LogP contribution in [0.2, 0.25) is 0 Å². The van der Waals surface area contributed by atoms with Crippen molar-refractivity contribution in [1.82, 2.24) is 9.55 Å². The zero-order valence-corrected chi connectivity index (χ0v) is 16.5. The zero-order chi connectivity index (χ0) is 22.0. The number of rotatable bonds is 5. The molecule has 31 heavy (non-hydrogen) atoms. The van der Waals surface area contributed by atoms with Gasteiger partial charge in [0.15, 0.2) is 5.65 Å². The molecule has 0 aliphatic rings. The molecule has 0 atom stereocenters. The van der Waals surface area contributed by atoms with Crippen molar-refractivity contribution in [3.05, 3.63) is 88.6 Å². The lowest BCUT2D eigenvalue weighted by molar-refractivity contribution is 0.102.